The molecule has 1 aliphatic rings. The first kappa shape index (κ1) is 15.4. The lowest BCUT2D eigenvalue weighted by atomic mass is 10.1. The maximum absolute atomic E-state index is 12.8. The number of likely N-dealkylation sites (N-methyl/N-ethyl adjacent to an activating group) is 1. The molecule has 1 atom stereocenters. The highest BCUT2D eigenvalue weighted by Gasteiger charge is 2.34. The Labute approximate surface area is 121 Å². The van der Waals surface area contributed by atoms with Gasteiger partial charge in [-0.05, 0) is 44.6 Å². The van der Waals surface area contributed by atoms with Crippen LogP contribution < -0.4 is 5.73 Å². The maximum Gasteiger partial charge on any atom is 0.243 e. The molecule has 1 aromatic carbocycles. The van der Waals surface area contributed by atoms with Gasteiger partial charge in [-0.25, -0.2) is 8.42 Å². The number of benzene rings is 1. The van der Waals surface area contributed by atoms with E-state index in [4.69, 9.17) is 5.73 Å². The molecule has 1 saturated heterocycles. The Morgan fingerprint density at radius 1 is 1.40 bits per heavy atom. The summed E-state index contributed by atoms with van der Waals surface area (Å²) in [5.41, 5.74) is 7.23. The lowest BCUT2D eigenvalue weighted by Gasteiger charge is -2.21. The van der Waals surface area contributed by atoms with Gasteiger partial charge in [-0.3, -0.25) is 0 Å². The molecule has 0 amide bonds. The second kappa shape index (κ2) is 5.81. The monoisotopic (exact) mass is 297 g/mol. The Hall–Kier alpha value is -0.950. The van der Waals surface area contributed by atoms with E-state index in [1.54, 1.807) is 10.4 Å². The van der Waals surface area contributed by atoms with Crippen molar-refractivity contribution in [2.24, 2.45) is 5.73 Å². The molecule has 2 N–H and O–H groups in total. The molecule has 0 saturated carbocycles. The van der Waals surface area contributed by atoms with E-state index in [0.717, 1.165) is 17.5 Å². The summed E-state index contributed by atoms with van der Waals surface area (Å²) in [5.74, 6) is 0. The number of aryl methyl sites for hydroxylation is 1. The van der Waals surface area contributed by atoms with Gasteiger partial charge in [0, 0.05) is 25.7 Å². The fraction of sp³-hybridized carbons (Fsp3) is 0.571. The minimum Gasteiger partial charge on any atom is -0.326 e. The van der Waals surface area contributed by atoms with Crippen molar-refractivity contribution in [3.8, 4) is 0 Å². The fourth-order valence-corrected chi connectivity index (χ4v) is 4.31. The second-order valence-corrected chi connectivity index (χ2v) is 7.48. The normalized spacial score (nSPS) is 20.8. The van der Waals surface area contributed by atoms with E-state index in [9.17, 15) is 8.42 Å². The molecule has 0 radical (unpaired) electrons. The van der Waals surface area contributed by atoms with Gasteiger partial charge in [0.15, 0.2) is 0 Å². The van der Waals surface area contributed by atoms with Crippen LogP contribution in [0.1, 0.15) is 17.5 Å². The van der Waals surface area contributed by atoms with E-state index >= 15 is 0 Å². The van der Waals surface area contributed by atoms with Crippen LogP contribution in [-0.4, -0.2) is 50.8 Å². The van der Waals surface area contributed by atoms with Gasteiger partial charge < -0.3 is 10.6 Å². The summed E-state index contributed by atoms with van der Waals surface area (Å²) in [5, 5.41) is 0. The van der Waals surface area contributed by atoms with Gasteiger partial charge in [0.05, 0.1) is 4.90 Å². The van der Waals surface area contributed by atoms with Crippen molar-refractivity contribution < 1.29 is 8.42 Å². The molecule has 112 valence electrons. The molecule has 1 heterocycles. The zero-order valence-electron chi connectivity index (χ0n) is 12.3. The molecule has 1 aliphatic heterocycles. The van der Waals surface area contributed by atoms with Crippen molar-refractivity contribution in [2.75, 3.05) is 27.2 Å². The van der Waals surface area contributed by atoms with Crippen molar-refractivity contribution in [3.63, 3.8) is 0 Å². The average molecular weight is 297 g/mol. The third kappa shape index (κ3) is 2.88. The van der Waals surface area contributed by atoms with Crippen LogP contribution in [0.2, 0.25) is 0 Å². The van der Waals surface area contributed by atoms with E-state index in [2.05, 4.69) is 4.90 Å². The topological polar surface area (TPSA) is 66.6 Å². The van der Waals surface area contributed by atoms with Crippen molar-refractivity contribution in [3.05, 3.63) is 29.3 Å². The predicted octanol–water partition coefficient (Wildman–Crippen LogP) is 0.778. The summed E-state index contributed by atoms with van der Waals surface area (Å²) in [7, 11) is 0.557. The molecule has 0 spiro atoms. The van der Waals surface area contributed by atoms with Crippen molar-refractivity contribution in [1.82, 2.24) is 9.21 Å². The van der Waals surface area contributed by atoms with Crippen LogP contribution in [0, 0.1) is 6.92 Å². The van der Waals surface area contributed by atoms with E-state index in [1.807, 2.05) is 33.2 Å². The van der Waals surface area contributed by atoms with Crippen molar-refractivity contribution >= 4 is 10.0 Å². The van der Waals surface area contributed by atoms with Gasteiger partial charge in [-0.1, -0.05) is 12.1 Å². The van der Waals surface area contributed by atoms with Crippen LogP contribution in [0.25, 0.3) is 0 Å². The van der Waals surface area contributed by atoms with Crippen LogP contribution in [0.4, 0.5) is 0 Å². The molecule has 20 heavy (non-hydrogen) atoms. The summed E-state index contributed by atoms with van der Waals surface area (Å²) in [6, 6.07) is 5.70. The lowest BCUT2D eigenvalue weighted by molar-refractivity contribution is 0.302. The number of nitrogens with two attached hydrogens (primary N) is 1. The molecule has 6 heteroatoms. The number of sulfonamides is 1. The van der Waals surface area contributed by atoms with Crippen molar-refractivity contribution in [2.45, 2.75) is 30.8 Å². The van der Waals surface area contributed by atoms with Crippen molar-refractivity contribution in [1.29, 1.82) is 0 Å². The van der Waals surface area contributed by atoms with Gasteiger partial charge in [-0.2, -0.15) is 4.31 Å². The van der Waals surface area contributed by atoms with E-state index in [1.165, 1.54) is 0 Å². The molecule has 0 aliphatic carbocycles. The van der Waals surface area contributed by atoms with Crippen LogP contribution in [0.5, 0.6) is 0 Å². The van der Waals surface area contributed by atoms with Crippen LogP contribution in [0.15, 0.2) is 23.1 Å². The Morgan fingerprint density at radius 2 is 2.10 bits per heavy atom. The first-order valence-corrected chi connectivity index (χ1v) is 8.26. The maximum atomic E-state index is 12.8. The van der Waals surface area contributed by atoms with Gasteiger partial charge >= 0.3 is 0 Å². The molecule has 0 aromatic heterocycles. The minimum atomic E-state index is -3.42. The molecule has 5 nitrogen and oxygen atoms in total. The number of rotatable bonds is 4. The SMILES string of the molecule is Cc1ccc(CN)cc1S(=O)(=O)N1CCC(N(C)C)C1. The zero-order valence-corrected chi connectivity index (χ0v) is 13.2. The highest BCUT2D eigenvalue weighted by Crippen LogP contribution is 2.25. The standard InChI is InChI=1S/C14H23N3O2S/c1-11-4-5-12(9-15)8-14(11)20(18,19)17-7-6-13(10-17)16(2)3/h4-5,8,13H,6-7,9-10,15H2,1-3H3. The Balaban J connectivity index is 2.32. The van der Waals surface area contributed by atoms with Gasteiger partial charge in [-0.15, -0.1) is 0 Å². The highest BCUT2D eigenvalue weighted by atomic mass is 32.2. The molecule has 1 unspecified atom stereocenters. The van der Waals surface area contributed by atoms with Gasteiger partial charge in [0.1, 0.15) is 0 Å². The van der Waals surface area contributed by atoms with Gasteiger partial charge in [0.25, 0.3) is 0 Å². The van der Waals surface area contributed by atoms with E-state index < -0.39 is 10.0 Å². The fourth-order valence-electron chi connectivity index (χ4n) is 2.54. The van der Waals surface area contributed by atoms with Crippen LogP contribution in [-0.2, 0) is 16.6 Å². The molecule has 1 fully saturated rings. The summed E-state index contributed by atoms with van der Waals surface area (Å²) < 4.78 is 27.1. The third-order valence-electron chi connectivity index (χ3n) is 3.96. The van der Waals surface area contributed by atoms with Gasteiger partial charge in [0.2, 0.25) is 10.0 Å². The first-order chi connectivity index (χ1) is 9.36. The Bertz CT molecular complexity index is 584. The van der Waals surface area contributed by atoms with E-state index in [0.29, 0.717) is 30.6 Å². The summed E-state index contributed by atoms with van der Waals surface area (Å²) in [4.78, 5) is 2.47. The quantitative estimate of drug-likeness (QED) is 0.892. The summed E-state index contributed by atoms with van der Waals surface area (Å²) in [6.45, 7) is 3.31. The lowest BCUT2D eigenvalue weighted by Crippen LogP contribution is -2.34. The largest absolute Gasteiger partial charge is 0.326 e. The van der Waals surface area contributed by atoms with E-state index in [-0.39, 0.29) is 0 Å². The summed E-state index contributed by atoms with van der Waals surface area (Å²) in [6.07, 6.45) is 0.877. The number of hydrogen-bond donors (Lipinski definition) is 1. The Kier molecular flexibility index (Phi) is 4.49. The molecule has 0 bridgehead atoms. The second-order valence-electron chi connectivity index (χ2n) is 5.57. The summed E-state index contributed by atoms with van der Waals surface area (Å²) >= 11 is 0. The zero-order chi connectivity index (χ0) is 14.9. The molecular weight excluding hydrogens is 274 g/mol. The molecule has 1 aromatic rings. The third-order valence-corrected chi connectivity index (χ3v) is 5.97. The van der Waals surface area contributed by atoms with Crippen LogP contribution >= 0.6 is 0 Å². The highest BCUT2D eigenvalue weighted by molar-refractivity contribution is 7.89. The predicted molar refractivity (Wildman–Crippen MR) is 79.9 cm³/mol. The van der Waals surface area contributed by atoms with Crippen LogP contribution in [0.3, 0.4) is 0 Å². The Morgan fingerprint density at radius 3 is 2.65 bits per heavy atom. The number of nitrogens with zero attached hydrogens (tertiary/aromatic N) is 2. The average Bonchev–Trinajstić information content (AvgIpc) is 2.89. The number of hydrogen-bond acceptors (Lipinski definition) is 4. The smallest absolute Gasteiger partial charge is 0.243 e. The molecular formula is C14H23N3O2S. The molecule has 2 rings (SSSR count). The minimum absolute atomic E-state index is 0.294. The first-order valence-electron chi connectivity index (χ1n) is 6.82.